The molecule has 0 aromatic carbocycles. The molecule has 9 nitrogen and oxygen atoms in total. The van der Waals surface area contributed by atoms with Crippen LogP contribution in [0.1, 0.15) is 35.2 Å². The van der Waals surface area contributed by atoms with E-state index in [1.54, 1.807) is 12.4 Å². The third kappa shape index (κ3) is 3.56. The molecule has 1 amide bonds. The average Bonchev–Trinajstić information content (AvgIpc) is 3.02. The highest BCUT2D eigenvalue weighted by molar-refractivity contribution is 6.12. The SMILES string of the molecule is Cc1cncc(NC(=O)c2c(N)nn3cc(F)cnc23)c1N1CCN(C2CCC2)CC1. The molecular weight excluding hydrogens is 399 g/mol. The molecule has 1 aliphatic heterocycles. The number of anilines is 3. The Kier molecular flexibility index (Phi) is 4.93. The third-order valence-electron chi connectivity index (χ3n) is 6.27. The smallest absolute Gasteiger partial charge is 0.263 e. The maximum absolute atomic E-state index is 13.5. The average molecular weight is 424 g/mol. The minimum atomic E-state index is -0.562. The summed E-state index contributed by atoms with van der Waals surface area (Å²) in [6, 6.07) is 0.732. The lowest BCUT2D eigenvalue weighted by Gasteiger charge is -2.44. The van der Waals surface area contributed by atoms with Crippen molar-refractivity contribution in [3.05, 3.63) is 41.7 Å². The minimum Gasteiger partial charge on any atom is -0.381 e. The van der Waals surface area contributed by atoms with Crippen LogP contribution < -0.4 is 16.0 Å². The predicted octanol–water partition coefficient (Wildman–Crippen LogP) is 2.08. The number of rotatable bonds is 4. The fourth-order valence-corrected chi connectivity index (χ4v) is 4.46. The Balaban J connectivity index is 1.40. The number of nitrogens with two attached hydrogens (primary N) is 1. The van der Waals surface area contributed by atoms with Crippen LogP contribution in [0, 0.1) is 12.7 Å². The van der Waals surface area contributed by atoms with Crippen molar-refractivity contribution < 1.29 is 9.18 Å². The number of nitrogens with one attached hydrogen (secondary N) is 1. The Morgan fingerprint density at radius 2 is 1.97 bits per heavy atom. The van der Waals surface area contributed by atoms with Crippen molar-refractivity contribution in [3.63, 3.8) is 0 Å². The number of carbonyl (C=O) groups is 1. The van der Waals surface area contributed by atoms with E-state index in [0.29, 0.717) is 5.69 Å². The number of hydrogen-bond acceptors (Lipinski definition) is 7. The first-order valence-corrected chi connectivity index (χ1v) is 10.6. The van der Waals surface area contributed by atoms with Gasteiger partial charge in [0.15, 0.2) is 17.3 Å². The molecule has 5 rings (SSSR count). The van der Waals surface area contributed by atoms with Gasteiger partial charge in [-0.25, -0.2) is 13.9 Å². The maximum Gasteiger partial charge on any atom is 0.263 e. The van der Waals surface area contributed by atoms with Gasteiger partial charge in [0.1, 0.15) is 5.56 Å². The Labute approximate surface area is 179 Å². The normalized spacial score (nSPS) is 17.7. The number of nitrogens with zero attached hydrogens (tertiary/aromatic N) is 6. The van der Waals surface area contributed by atoms with Gasteiger partial charge >= 0.3 is 0 Å². The first kappa shape index (κ1) is 19.7. The summed E-state index contributed by atoms with van der Waals surface area (Å²) in [5.41, 5.74) is 8.83. The lowest BCUT2D eigenvalue weighted by Crippen LogP contribution is -2.52. The van der Waals surface area contributed by atoms with E-state index in [2.05, 4.69) is 30.2 Å². The quantitative estimate of drug-likeness (QED) is 0.661. The molecule has 0 radical (unpaired) electrons. The van der Waals surface area contributed by atoms with Crippen LogP contribution in [-0.4, -0.2) is 62.6 Å². The van der Waals surface area contributed by atoms with E-state index >= 15 is 0 Å². The van der Waals surface area contributed by atoms with Gasteiger partial charge < -0.3 is 16.0 Å². The van der Waals surface area contributed by atoms with Crippen LogP contribution in [0.25, 0.3) is 5.65 Å². The van der Waals surface area contributed by atoms with E-state index < -0.39 is 11.7 Å². The zero-order valence-corrected chi connectivity index (χ0v) is 17.4. The minimum absolute atomic E-state index is 0.00752. The second-order valence-corrected chi connectivity index (χ2v) is 8.22. The number of fused-ring (bicyclic) bond motifs is 1. The lowest BCUT2D eigenvalue weighted by atomic mass is 9.91. The highest BCUT2D eigenvalue weighted by Gasteiger charge is 2.29. The molecule has 3 N–H and O–H groups in total. The summed E-state index contributed by atoms with van der Waals surface area (Å²) in [6.45, 7) is 5.80. The van der Waals surface area contributed by atoms with E-state index in [1.807, 2.05) is 6.92 Å². The van der Waals surface area contributed by atoms with Crippen molar-refractivity contribution in [2.75, 3.05) is 42.1 Å². The third-order valence-corrected chi connectivity index (χ3v) is 6.27. The number of piperazine rings is 1. The molecule has 4 heterocycles. The molecule has 3 aromatic rings. The molecule has 162 valence electrons. The molecule has 2 aliphatic rings. The molecule has 1 saturated heterocycles. The zero-order chi connectivity index (χ0) is 21.5. The van der Waals surface area contributed by atoms with Gasteiger partial charge in [-0.15, -0.1) is 5.10 Å². The zero-order valence-electron chi connectivity index (χ0n) is 17.4. The van der Waals surface area contributed by atoms with Gasteiger partial charge in [-0.2, -0.15) is 0 Å². The van der Waals surface area contributed by atoms with Gasteiger partial charge in [0.05, 0.1) is 30.0 Å². The Morgan fingerprint density at radius 1 is 1.19 bits per heavy atom. The number of carbonyl (C=O) groups excluding carboxylic acids is 1. The van der Waals surface area contributed by atoms with Gasteiger partial charge in [-0.05, 0) is 25.3 Å². The maximum atomic E-state index is 13.5. The Bertz CT molecular complexity index is 1130. The second kappa shape index (κ2) is 7.77. The van der Waals surface area contributed by atoms with E-state index in [1.165, 1.54) is 23.8 Å². The summed E-state index contributed by atoms with van der Waals surface area (Å²) in [5.74, 6) is -1.02. The molecule has 3 aromatic heterocycles. The molecular formula is C21H25FN8O. The first-order chi connectivity index (χ1) is 15.0. The molecule has 0 unspecified atom stereocenters. The van der Waals surface area contributed by atoms with Crippen LogP contribution in [0.15, 0.2) is 24.8 Å². The molecule has 1 saturated carbocycles. The van der Waals surface area contributed by atoms with Crippen LogP contribution in [0.5, 0.6) is 0 Å². The summed E-state index contributed by atoms with van der Waals surface area (Å²) in [7, 11) is 0. The van der Waals surface area contributed by atoms with Crippen LogP contribution in [0.4, 0.5) is 21.6 Å². The number of pyridine rings is 1. The lowest BCUT2D eigenvalue weighted by molar-refractivity contribution is 0.102. The van der Waals surface area contributed by atoms with Crippen LogP contribution in [0.3, 0.4) is 0 Å². The number of hydrogen-bond donors (Lipinski definition) is 2. The second-order valence-electron chi connectivity index (χ2n) is 8.22. The van der Waals surface area contributed by atoms with Gasteiger partial charge in [0, 0.05) is 38.4 Å². The molecule has 1 aliphatic carbocycles. The summed E-state index contributed by atoms with van der Waals surface area (Å²) in [6.07, 6.45) is 9.55. The number of nitrogen functional groups attached to an aromatic ring is 1. The van der Waals surface area contributed by atoms with Gasteiger partial charge in [-0.3, -0.25) is 14.7 Å². The first-order valence-electron chi connectivity index (χ1n) is 10.6. The molecule has 10 heteroatoms. The number of aryl methyl sites for hydroxylation is 1. The number of halogens is 1. The van der Waals surface area contributed by atoms with E-state index in [4.69, 9.17) is 5.73 Å². The largest absolute Gasteiger partial charge is 0.381 e. The number of amides is 1. The molecule has 0 bridgehead atoms. The Morgan fingerprint density at radius 3 is 2.68 bits per heavy atom. The van der Waals surface area contributed by atoms with Crippen LogP contribution >= 0.6 is 0 Å². The fraction of sp³-hybridized carbons (Fsp3) is 0.429. The monoisotopic (exact) mass is 424 g/mol. The van der Waals surface area contributed by atoms with Crippen molar-refractivity contribution in [2.24, 2.45) is 0 Å². The van der Waals surface area contributed by atoms with Crippen molar-refractivity contribution >= 4 is 28.7 Å². The molecule has 31 heavy (non-hydrogen) atoms. The molecule has 0 atom stereocenters. The Hall–Kier alpha value is -3.27. The van der Waals surface area contributed by atoms with Crippen molar-refractivity contribution in [3.8, 4) is 0 Å². The van der Waals surface area contributed by atoms with E-state index in [0.717, 1.165) is 55.9 Å². The predicted molar refractivity (Wildman–Crippen MR) is 116 cm³/mol. The standard InChI is InChI=1S/C21H25FN8O/c1-13-9-24-11-16(18(13)29-7-5-28(6-8-29)15-3-2-4-15)26-21(31)17-19(23)27-30-12-14(22)10-25-20(17)30/h9-12,15H,2-8H2,1H3,(H2,23,27)(H,26,31). The fourth-order valence-electron chi connectivity index (χ4n) is 4.46. The molecule has 0 spiro atoms. The summed E-state index contributed by atoms with van der Waals surface area (Å²) in [4.78, 5) is 26.2. The van der Waals surface area contributed by atoms with Gasteiger partial charge in [-0.1, -0.05) is 6.42 Å². The van der Waals surface area contributed by atoms with Crippen LogP contribution in [0.2, 0.25) is 0 Å². The topological polar surface area (TPSA) is 105 Å². The van der Waals surface area contributed by atoms with Gasteiger partial charge in [0.25, 0.3) is 5.91 Å². The highest BCUT2D eigenvalue weighted by Crippen LogP contribution is 2.32. The van der Waals surface area contributed by atoms with Crippen molar-refractivity contribution in [1.82, 2.24) is 24.5 Å². The summed E-state index contributed by atoms with van der Waals surface area (Å²) < 4.78 is 14.6. The summed E-state index contributed by atoms with van der Waals surface area (Å²) in [5, 5.41) is 6.94. The summed E-state index contributed by atoms with van der Waals surface area (Å²) >= 11 is 0. The van der Waals surface area contributed by atoms with E-state index in [9.17, 15) is 9.18 Å². The highest BCUT2D eigenvalue weighted by atomic mass is 19.1. The number of aromatic nitrogens is 4. The van der Waals surface area contributed by atoms with Crippen LogP contribution in [-0.2, 0) is 0 Å². The molecule has 2 fully saturated rings. The van der Waals surface area contributed by atoms with Gasteiger partial charge in [0.2, 0.25) is 0 Å². The van der Waals surface area contributed by atoms with Crippen molar-refractivity contribution in [1.29, 1.82) is 0 Å². The van der Waals surface area contributed by atoms with E-state index in [-0.39, 0.29) is 17.0 Å². The van der Waals surface area contributed by atoms with Crippen molar-refractivity contribution in [2.45, 2.75) is 32.2 Å².